The molecule has 0 aromatic rings. The lowest BCUT2D eigenvalue weighted by Gasteiger charge is -2.44. The highest BCUT2D eigenvalue weighted by Gasteiger charge is 2.53. The largest absolute Gasteiger partial charge is 0.393 e. The zero-order valence-corrected chi connectivity index (χ0v) is 64.2. The van der Waals surface area contributed by atoms with Crippen molar-refractivity contribution in [2.75, 3.05) is 81.2 Å². The Kier molecular flexibility index (Phi) is 29.5. The molecule has 0 aromatic heterocycles. The number of amides is 12. The van der Waals surface area contributed by atoms with Gasteiger partial charge in [-0.25, -0.2) is 0 Å². The molecule has 3 unspecified atom stereocenters. The number of carbonyl (C=O) groups is 12. The maximum absolute atomic E-state index is 15.6. The molecule has 4 saturated carbocycles. The van der Waals surface area contributed by atoms with E-state index in [-0.39, 0.29) is 142 Å². The van der Waals surface area contributed by atoms with Gasteiger partial charge in [0, 0.05) is 66.8 Å². The molecule has 4 aliphatic carbocycles. The smallest absolute Gasteiger partial charge is 0.378 e. The summed E-state index contributed by atoms with van der Waals surface area (Å²) < 4.78 is 89.8. The molecule has 1 spiro atoms. The molecule has 0 bridgehead atoms. The predicted molar refractivity (Wildman–Crippen MR) is 379 cm³/mol. The molecule has 8 fully saturated rings. The minimum absolute atomic E-state index is 0.0000999. The number of hydrogen-bond donors (Lipinski definition) is 4. The maximum Gasteiger partial charge on any atom is 0.393 e. The SMILES string of the molecule is CC[C@H](C)[C@@H]1NC(=O)[C@H](CC2CCCC2)N(C)C(=O)C[C@@H](C(=O)N2CCOCC2)N(C)C(=O)[C@H]([C@@H](C)CC)N(C)C(=O)C2(CCCC2)NC(=O)[C@@H]2CCCN2C(=O)[C@H](CCC2CCC(C(F)(F)F)C(Cl)C2)NC(=O)CN(C)C(=O)[C@H](CC2CCC(C(F)(F)F)CC2)N(C)C(=O)[C@@H]2CCN2C(=O)[C@H](C)NC1=O. The molecule has 0 radical (unpaired) electrons. The van der Waals surface area contributed by atoms with E-state index in [0.717, 1.165) is 35.5 Å². The third kappa shape index (κ3) is 20.3. The second-order valence-corrected chi connectivity index (χ2v) is 32.4. The number of ether oxygens (including phenoxy) is 1. The fourth-order valence-corrected chi connectivity index (χ4v) is 18.0. The Balaban J connectivity index is 1.17. The number of nitrogens with one attached hydrogen (secondary N) is 4. The van der Waals surface area contributed by atoms with Crippen molar-refractivity contribution in [3.8, 4) is 0 Å². The van der Waals surface area contributed by atoms with Gasteiger partial charge in [0.1, 0.15) is 59.9 Å². The molecule has 598 valence electrons. The molecule has 25 nitrogen and oxygen atoms in total. The summed E-state index contributed by atoms with van der Waals surface area (Å²) >= 11 is 6.39. The van der Waals surface area contributed by atoms with Crippen LogP contribution < -0.4 is 21.3 Å². The molecular formula is C74H115ClF6N12O13. The monoisotopic (exact) mass is 1530 g/mol. The molecule has 4 N–H and O–H groups in total. The van der Waals surface area contributed by atoms with Gasteiger partial charge in [-0.1, -0.05) is 79.1 Å². The topological polar surface area (TPSA) is 288 Å². The Labute approximate surface area is 624 Å². The van der Waals surface area contributed by atoms with Gasteiger partial charge in [-0.05, 0) is 139 Å². The van der Waals surface area contributed by atoms with Crippen LogP contribution in [0.4, 0.5) is 26.3 Å². The number of likely N-dealkylation sites (N-methyl/N-ethyl adjacent to an activating group) is 5. The van der Waals surface area contributed by atoms with E-state index in [2.05, 4.69) is 21.3 Å². The van der Waals surface area contributed by atoms with Crippen molar-refractivity contribution in [1.82, 2.24) is 60.5 Å². The molecular weight excluding hydrogens is 1410 g/mol. The number of alkyl halides is 7. The van der Waals surface area contributed by atoms with E-state index in [0.29, 0.717) is 32.1 Å². The number of nitrogens with zero attached hydrogens (tertiary/aromatic N) is 8. The molecule has 14 atom stereocenters. The van der Waals surface area contributed by atoms with Crippen LogP contribution in [0.1, 0.15) is 195 Å². The van der Waals surface area contributed by atoms with Crippen molar-refractivity contribution in [2.45, 2.75) is 273 Å². The van der Waals surface area contributed by atoms with Crippen LogP contribution in [-0.4, -0.2) is 269 Å². The lowest BCUT2D eigenvalue weighted by Crippen LogP contribution is -2.65. The van der Waals surface area contributed by atoms with E-state index in [9.17, 15) is 45.5 Å². The molecule has 12 amide bonds. The van der Waals surface area contributed by atoms with Crippen LogP contribution in [0.25, 0.3) is 0 Å². The van der Waals surface area contributed by atoms with Crippen molar-refractivity contribution in [3.63, 3.8) is 0 Å². The zero-order valence-electron chi connectivity index (χ0n) is 63.5. The summed E-state index contributed by atoms with van der Waals surface area (Å²) in [4.78, 5) is 191. The minimum atomic E-state index is -4.56. The number of carbonyl (C=O) groups excluding carboxylic acids is 12. The highest BCUT2D eigenvalue weighted by Crippen LogP contribution is 2.45. The van der Waals surface area contributed by atoms with Crippen LogP contribution in [0, 0.1) is 41.4 Å². The van der Waals surface area contributed by atoms with Gasteiger partial charge in [-0.15, -0.1) is 11.6 Å². The number of rotatable bonds is 12. The summed E-state index contributed by atoms with van der Waals surface area (Å²) in [5, 5.41) is 10.1. The second-order valence-electron chi connectivity index (χ2n) is 31.9. The number of hydrogen-bond acceptors (Lipinski definition) is 13. The Morgan fingerprint density at radius 1 is 0.575 bits per heavy atom. The molecule has 4 heterocycles. The summed E-state index contributed by atoms with van der Waals surface area (Å²) in [6.45, 7) is 8.43. The first-order valence-corrected chi connectivity index (χ1v) is 39.1. The summed E-state index contributed by atoms with van der Waals surface area (Å²) in [6.07, 6.45) is -4.62. The summed E-state index contributed by atoms with van der Waals surface area (Å²) in [5.41, 5.74) is -1.63. The van der Waals surface area contributed by atoms with Crippen LogP contribution in [-0.2, 0) is 62.3 Å². The fraction of sp³-hybridized carbons (Fsp3) is 0.838. The average molecular weight is 1530 g/mol. The first kappa shape index (κ1) is 85.1. The molecule has 0 aromatic carbocycles. The molecule has 4 aliphatic heterocycles. The highest BCUT2D eigenvalue weighted by atomic mass is 35.5. The first-order chi connectivity index (χ1) is 49.9. The van der Waals surface area contributed by atoms with Crippen molar-refractivity contribution in [1.29, 1.82) is 0 Å². The van der Waals surface area contributed by atoms with Crippen molar-refractivity contribution in [2.24, 2.45) is 41.4 Å². The van der Waals surface area contributed by atoms with Crippen molar-refractivity contribution < 1.29 is 88.6 Å². The molecule has 32 heteroatoms. The first-order valence-electron chi connectivity index (χ1n) is 38.7. The van der Waals surface area contributed by atoms with Crippen molar-refractivity contribution in [3.05, 3.63) is 0 Å². The van der Waals surface area contributed by atoms with Crippen LogP contribution >= 0.6 is 11.6 Å². The zero-order chi connectivity index (χ0) is 78.0. The van der Waals surface area contributed by atoms with Gasteiger partial charge in [0.2, 0.25) is 70.9 Å². The van der Waals surface area contributed by atoms with Gasteiger partial charge < -0.3 is 65.2 Å². The number of fused-ring (bicyclic) bond motifs is 2. The van der Waals surface area contributed by atoms with E-state index >= 15 is 38.4 Å². The number of halogens is 7. The van der Waals surface area contributed by atoms with Crippen LogP contribution in [0.15, 0.2) is 0 Å². The summed E-state index contributed by atoms with van der Waals surface area (Å²) in [7, 11) is 6.86. The third-order valence-corrected chi connectivity index (χ3v) is 25.3. The normalized spacial score (nSPS) is 32.3. The Morgan fingerprint density at radius 2 is 1.18 bits per heavy atom. The van der Waals surface area contributed by atoms with E-state index in [1.807, 2.05) is 6.92 Å². The predicted octanol–water partition coefficient (Wildman–Crippen LogP) is 6.31. The van der Waals surface area contributed by atoms with Crippen LogP contribution in [0.5, 0.6) is 0 Å². The Morgan fingerprint density at radius 3 is 1.76 bits per heavy atom. The van der Waals surface area contributed by atoms with Gasteiger partial charge in [-0.3, -0.25) is 57.5 Å². The Hall–Kier alpha value is -6.53. The van der Waals surface area contributed by atoms with Crippen molar-refractivity contribution >= 4 is 82.5 Å². The average Bonchev–Trinajstić information content (AvgIpc) is 1.44. The molecule has 8 rings (SSSR count). The lowest BCUT2D eigenvalue weighted by molar-refractivity contribution is -0.184. The van der Waals surface area contributed by atoms with Crippen LogP contribution in [0.2, 0.25) is 0 Å². The lowest BCUT2D eigenvalue weighted by atomic mass is 9.78. The van der Waals surface area contributed by atoms with Gasteiger partial charge in [0.25, 0.3) is 0 Å². The summed E-state index contributed by atoms with van der Waals surface area (Å²) in [6, 6.07) is -11.8. The van der Waals surface area contributed by atoms with E-state index in [4.69, 9.17) is 16.3 Å². The van der Waals surface area contributed by atoms with E-state index < -0.39 is 197 Å². The van der Waals surface area contributed by atoms with Gasteiger partial charge in [-0.2, -0.15) is 26.3 Å². The van der Waals surface area contributed by atoms with Gasteiger partial charge in [0.05, 0.1) is 38.0 Å². The standard InChI is InChI=1S/C74H115ClF6N12O13/c1-11-43(3)60-64(98)82-45(5)65(99)93-33-29-54(93)68(102)88(8)56(40-48-21-25-49(26-22-48)73(76,77)78)67(101)86(6)42-58(94)83-52(28-24-47-23-27-50(51(75)38-47)74(79,80)81)66(100)92-32-17-20-53(92)63(97)85-72(30-15-16-31-72)71(105)90(10)61(44(4)12-2)70(104)89(9)57(69(103)91-34-36-106-37-35-91)41-59(95)87(7)55(62(96)84-60)39-46-18-13-14-19-46/h43-57,60-61H,11-42H2,1-10H3,(H,82,98)(H,83,94)(H,84,96)(H,85,97)/t43-,44-,45-,47?,48?,49?,50?,51?,52-,53-,54-,55-,56-,57-,60-,61-/m0/s1. The number of morpholine rings is 1. The van der Waals surface area contributed by atoms with E-state index in [1.165, 1.54) is 71.6 Å². The van der Waals surface area contributed by atoms with E-state index in [1.54, 1.807) is 20.8 Å². The minimum Gasteiger partial charge on any atom is -0.378 e. The second kappa shape index (κ2) is 36.8. The van der Waals surface area contributed by atoms with Gasteiger partial charge in [0.15, 0.2) is 0 Å². The third-order valence-electron chi connectivity index (χ3n) is 24.9. The fourth-order valence-electron chi connectivity index (χ4n) is 17.5. The summed E-state index contributed by atoms with van der Waals surface area (Å²) in [5.74, 6) is -14.0. The maximum atomic E-state index is 15.6. The molecule has 8 aliphatic rings. The molecule has 106 heavy (non-hydrogen) atoms. The van der Waals surface area contributed by atoms with Crippen LogP contribution in [0.3, 0.4) is 0 Å². The quantitative estimate of drug-likeness (QED) is 0.123. The highest BCUT2D eigenvalue weighted by molar-refractivity contribution is 6.21. The molecule has 4 saturated heterocycles. The van der Waals surface area contributed by atoms with Gasteiger partial charge >= 0.3 is 12.4 Å². The Bertz CT molecular complexity index is 3150.